The Hall–Kier alpha value is -4.90. The second kappa shape index (κ2) is 9.28. The van der Waals surface area contributed by atoms with Crippen LogP contribution in [0.25, 0.3) is 21.9 Å². The zero-order valence-corrected chi connectivity index (χ0v) is 20.2. The average molecular weight is 485 g/mol. The third-order valence-electron chi connectivity index (χ3n) is 6.66. The van der Waals surface area contributed by atoms with E-state index >= 15 is 0 Å². The molecule has 0 atom stereocenters. The molecule has 0 bridgehead atoms. The van der Waals surface area contributed by atoms with Crippen LogP contribution in [0.5, 0.6) is 0 Å². The number of amides is 2. The number of hydrogen-bond donors (Lipinski definition) is 2. The van der Waals surface area contributed by atoms with Crippen LogP contribution in [0.4, 0.5) is 16.2 Å². The fourth-order valence-electron chi connectivity index (χ4n) is 4.80. The van der Waals surface area contributed by atoms with E-state index in [4.69, 9.17) is 4.74 Å². The molecule has 6 rings (SSSR count). The number of fused-ring (bicyclic) bond motifs is 4. The Morgan fingerprint density at radius 3 is 1.97 bits per heavy atom. The van der Waals surface area contributed by atoms with Crippen LogP contribution < -0.4 is 10.6 Å². The summed E-state index contributed by atoms with van der Waals surface area (Å²) >= 11 is 0. The van der Waals surface area contributed by atoms with Crippen molar-refractivity contribution in [1.82, 2.24) is 0 Å². The number of carbonyl (C=O) groups excluding carboxylic acids is 2. The van der Waals surface area contributed by atoms with Crippen LogP contribution in [0.3, 0.4) is 0 Å². The maximum Gasteiger partial charge on any atom is 0.412 e. The van der Waals surface area contributed by atoms with Crippen LogP contribution in [0, 0.1) is 6.92 Å². The van der Waals surface area contributed by atoms with Crippen molar-refractivity contribution in [3.63, 3.8) is 0 Å². The number of carbonyl (C=O) groups is 2. The first-order valence-corrected chi connectivity index (χ1v) is 12.1. The zero-order chi connectivity index (χ0) is 25.4. The minimum atomic E-state index is -0.538. The van der Waals surface area contributed by atoms with E-state index in [0.717, 1.165) is 44.3 Å². The Labute approximate surface area is 214 Å². The van der Waals surface area contributed by atoms with E-state index in [0.29, 0.717) is 11.3 Å². The van der Waals surface area contributed by atoms with Crippen molar-refractivity contribution in [1.29, 1.82) is 0 Å². The van der Waals surface area contributed by atoms with Crippen LogP contribution in [0.2, 0.25) is 0 Å². The van der Waals surface area contributed by atoms with Gasteiger partial charge in [0.15, 0.2) is 6.10 Å². The molecule has 0 aromatic heterocycles. The van der Waals surface area contributed by atoms with Gasteiger partial charge in [-0.1, -0.05) is 78.4 Å². The summed E-state index contributed by atoms with van der Waals surface area (Å²) in [6, 6.07) is 34.7. The normalized spacial score (nSPS) is 12.0. The molecule has 0 saturated heterocycles. The molecule has 5 aromatic rings. The van der Waals surface area contributed by atoms with E-state index in [9.17, 15) is 9.59 Å². The molecule has 180 valence electrons. The molecule has 0 heterocycles. The van der Waals surface area contributed by atoms with Crippen molar-refractivity contribution in [2.75, 3.05) is 10.6 Å². The molecule has 1 aliphatic rings. The molecule has 0 radical (unpaired) electrons. The third-order valence-corrected chi connectivity index (χ3v) is 6.66. The van der Waals surface area contributed by atoms with Crippen molar-refractivity contribution in [3.05, 3.63) is 131 Å². The lowest BCUT2D eigenvalue weighted by Crippen LogP contribution is -2.17. The Balaban J connectivity index is 1.20. The molecule has 1 aliphatic carbocycles. The minimum absolute atomic E-state index is 0.193. The first-order chi connectivity index (χ1) is 18.0. The molecule has 0 saturated carbocycles. The average Bonchev–Trinajstić information content (AvgIpc) is 3.23. The largest absolute Gasteiger partial charge is 0.436 e. The first-order valence-electron chi connectivity index (χ1n) is 12.1. The second-order valence-corrected chi connectivity index (χ2v) is 9.18. The maximum atomic E-state index is 12.9. The van der Waals surface area contributed by atoms with Gasteiger partial charge in [0, 0.05) is 28.1 Å². The summed E-state index contributed by atoms with van der Waals surface area (Å²) in [5, 5.41) is 7.58. The van der Waals surface area contributed by atoms with E-state index < -0.39 is 12.2 Å². The van der Waals surface area contributed by atoms with Gasteiger partial charge in [0.1, 0.15) is 0 Å². The van der Waals surface area contributed by atoms with Crippen LogP contribution >= 0.6 is 0 Å². The topological polar surface area (TPSA) is 67.4 Å². The van der Waals surface area contributed by atoms with E-state index in [-0.39, 0.29) is 5.91 Å². The van der Waals surface area contributed by atoms with Crippen LogP contribution in [0.1, 0.15) is 33.2 Å². The molecule has 5 heteroatoms. The molecule has 5 aromatic carbocycles. The molecule has 2 amide bonds. The summed E-state index contributed by atoms with van der Waals surface area (Å²) in [4.78, 5) is 25.7. The second-order valence-electron chi connectivity index (χ2n) is 9.18. The Bertz CT molecular complexity index is 1610. The standard InChI is InChI=1S/C32H24N2O3/c1-20-10-15-24(16-11-20)33-31(35)22-13-12-21-14-17-25(19-23(21)18-22)34-32(36)37-30-28-8-4-2-6-26(28)27-7-3-5-9-29(27)30/h2-19,30H,1H3,(H,33,35)(H,34,36). The van der Waals surface area contributed by atoms with Gasteiger partial charge >= 0.3 is 6.09 Å². The lowest BCUT2D eigenvalue weighted by Gasteiger charge is -2.16. The molecule has 0 fully saturated rings. The number of nitrogens with one attached hydrogen (secondary N) is 2. The summed E-state index contributed by atoms with van der Waals surface area (Å²) in [7, 11) is 0. The van der Waals surface area contributed by atoms with E-state index in [2.05, 4.69) is 10.6 Å². The van der Waals surface area contributed by atoms with Crippen molar-refractivity contribution in [2.45, 2.75) is 13.0 Å². The highest BCUT2D eigenvalue weighted by atomic mass is 16.6. The summed E-state index contributed by atoms with van der Waals surface area (Å²) in [6.07, 6.45) is -1.01. The number of aryl methyl sites for hydroxylation is 1. The molecule has 37 heavy (non-hydrogen) atoms. The van der Waals surface area contributed by atoms with Crippen molar-refractivity contribution < 1.29 is 14.3 Å². The van der Waals surface area contributed by atoms with E-state index in [1.807, 2.05) is 110 Å². The number of anilines is 2. The SMILES string of the molecule is Cc1ccc(NC(=O)c2ccc3ccc(NC(=O)OC4c5ccccc5-c5ccccc54)cc3c2)cc1. The van der Waals surface area contributed by atoms with Gasteiger partial charge in [-0.05, 0) is 65.2 Å². The van der Waals surface area contributed by atoms with Crippen molar-refractivity contribution in [2.24, 2.45) is 0 Å². The fourth-order valence-corrected chi connectivity index (χ4v) is 4.80. The summed E-state index contributed by atoms with van der Waals surface area (Å²) in [5.41, 5.74) is 7.10. The van der Waals surface area contributed by atoms with Crippen LogP contribution in [0.15, 0.2) is 109 Å². The Morgan fingerprint density at radius 2 is 1.27 bits per heavy atom. The molecular weight excluding hydrogens is 460 g/mol. The summed E-state index contributed by atoms with van der Waals surface area (Å²) < 4.78 is 5.90. The molecule has 5 nitrogen and oxygen atoms in total. The predicted molar refractivity (Wildman–Crippen MR) is 147 cm³/mol. The number of ether oxygens (including phenoxy) is 1. The highest BCUT2D eigenvalue weighted by Crippen LogP contribution is 2.45. The molecule has 0 spiro atoms. The van der Waals surface area contributed by atoms with Crippen LogP contribution in [-0.4, -0.2) is 12.0 Å². The number of benzene rings is 5. The van der Waals surface area contributed by atoms with Crippen molar-refractivity contribution >= 4 is 34.1 Å². The monoisotopic (exact) mass is 484 g/mol. The summed E-state index contributed by atoms with van der Waals surface area (Å²) in [6.45, 7) is 2.00. The van der Waals surface area contributed by atoms with Gasteiger partial charge in [0.05, 0.1) is 0 Å². The predicted octanol–water partition coefficient (Wildman–Crippen LogP) is 7.72. The minimum Gasteiger partial charge on any atom is -0.436 e. The zero-order valence-electron chi connectivity index (χ0n) is 20.2. The van der Waals surface area contributed by atoms with Gasteiger partial charge in [-0.2, -0.15) is 0 Å². The van der Waals surface area contributed by atoms with Gasteiger partial charge in [0.2, 0.25) is 0 Å². The highest BCUT2D eigenvalue weighted by Gasteiger charge is 2.31. The van der Waals surface area contributed by atoms with Gasteiger partial charge in [-0.15, -0.1) is 0 Å². The molecule has 2 N–H and O–H groups in total. The Morgan fingerprint density at radius 1 is 0.649 bits per heavy atom. The number of rotatable bonds is 4. The highest BCUT2D eigenvalue weighted by molar-refractivity contribution is 6.06. The maximum absolute atomic E-state index is 12.9. The van der Waals surface area contributed by atoms with Crippen LogP contribution in [-0.2, 0) is 4.74 Å². The third kappa shape index (κ3) is 4.43. The van der Waals surface area contributed by atoms with Gasteiger partial charge in [-0.3, -0.25) is 10.1 Å². The molecule has 0 unspecified atom stereocenters. The fraction of sp³-hybridized carbons (Fsp3) is 0.0625. The number of hydrogen-bond acceptors (Lipinski definition) is 3. The van der Waals surface area contributed by atoms with Gasteiger partial charge in [-0.25, -0.2) is 4.79 Å². The lowest BCUT2D eigenvalue weighted by atomic mass is 10.1. The quantitative estimate of drug-likeness (QED) is 0.274. The van der Waals surface area contributed by atoms with Crippen molar-refractivity contribution in [3.8, 4) is 11.1 Å². The summed E-state index contributed by atoms with van der Waals surface area (Å²) in [5.74, 6) is -0.193. The van der Waals surface area contributed by atoms with Gasteiger partial charge in [0.25, 0.3) is 5.91 Å². The molecular formula is C32H24N2O3. The first kappa shape index (κ1) is 22.6. The Kier molecular flexibility index (Phi) is 5.66. The lowest BCUT2D eigenvalue weighted by molar-refractivity contribution is 0.102. The molecule has 0 aliphatic heterocycles. The van der Waals surface area contributed by atoms with E-state index in [1.54, 1.807) is 6.07 Å². The van der Waals surface area contributed by atoms with E-state index in [1.165, 1.54) is 0 Å². The smallest absolute Gasteiger partial charge is 0.412 e. The van der Waals surface area contributed by atoms with Gasteiger partial charge < -0.3 is 10.1 Å².